The van der Waals surface area contributed by atoms with Crippen LogP contribution in [-0.4, -0.2) is 40.1 Å². The van der Waals surface area contributed by atoms with E-state index in [4.69, 9.17) is 10.5 Å². The Morgan fingerprint density at radius 3 is 2.58 bits per heavy atom. The number of hydrogen-bond donors (Lipinski definition) is 1. The molecular weight excluding hydrogens is 352 g/mol. The lowest BCUT2D eigenvalue weighted by atomic mass is 10.00. The summed E-state index contributed by atoms with van der Waals surface area (Å²) in [6.45, 7) is 9.87. The van der Waals surface area contributed by atoms with E-state index in [1.165, 1.54) is 4.90 Å². The van der Waals surface area contributed by atoms with Crippen LogP contribution in [0.3, 0.4) is 0 Å². The van der Waals surface area contributed by atoms with Gasteiger partial charge >= 0.3 is 0 Å². The van der Waals surface area contributed by atoms with Gasteiger partial charge < -0.3 is 15.4 Å². The SMILES string of the molecule is COCC/C(SC(=O)C(C)(C)C)=C(\C)N(C=O)Cc1cnc(C)nc1N. The zero-order valence-corrected chi connectivity index (χ0v) is 17.1. The van der Waals surface area contributed by atoms with E-state index in [2.05, 4.69) is 9.97 Å². The summed E-state index contributed by atoms with van der Waals surface area (Å²) in [5, 5.41) is 0.0342. The van der Waals surface area contributed by atoms with E-state index in [0.29, 0.717) is 35.9 Å². The van der Waals surface area contributed by atoms with E-state index in [9.17, 15) is 9.59 Å². The normalized spacial score (nSPS) is 12.5. The number of carbonyl (C=O) groups excluding carboxylic acids is 2. The lowest BCUT2D eigenvalue weighted by Crippen LogP contribution is -2.23. The van der Waals surface area contributed by atoms with Crippen molar-refractivity contribution in [2.45, 2.75) is 47.6 Å². The van der Waals surface area contributed by atoms with Crippen LogP contribution in [0.15, 0.2) is 16.8 Å². The molecule has 0 aliphatic carbocycles. The van der Waals surface area contributed by atoms with Crippen LogP contribution in [0.4, 0.5) is 5.82 Å². The lowest BCUT2D eigenvalue weighted by molar-refractivity contribution is -0.118. The average Bonchev–Trinajstić information content (AvgIpc) is 2.56. The first-order valence-electron chi connectivity index (χ1n) is 8.31. The monoisotopic (exact) mass is 380 g/mol. The van der Waals surface area contributed by atoms with Crippen LogP contribution in [0.5, 0.6) is 0 Å². The zero-order valence-electron chi connectivity index (χ0n) is 16.3. The van der Waals surface area contributed by atoms with Crippen molar-refractivity contribution in [3.8, 4) is 0 Å². The molecule has 7 nitrogen and oxygen atoms in total. The summed E-state index contributed by atoms with van der Waals surface area (Å²) in [5.74, 6) is 0.914. The zero-order chi connectivity index (χ0) is 19.9. The van der Waals surface area contributed by atoms with Crippen molar-refractivity contribution >= 4 is 29.1 Å². The summed E-state index contributed by atoms with van der Waals surface area (Å²) in [6, 6.07) is 0. The van der Waals surface area contributed by atoms with Crippen LogP contribution in [0, 0.1) is 12.3 Å². The van der Waals surface area contributed by atoms with Gasteiger partial charge in [-0.05, 0) is 13.8 Å². The molecule has 8 heteroatoms. The number of nitrogens with zero attached hydrogens (tertiary/aromatic N) is 3. The standard InChI is InChI=1S/C18H28N4O3S/c1-12(15(7-8-25-6)26-17(24)18(3,4)5)22(11-23)10-14-9-20-13(2)21-16(14)19/h9,11H,7-8,10H2,1-6H3,(H2,19,20,21)/b15-12-. The number of rotatable bonds is 8. The molecule has 1 aromatic rings. The second-order valence-electron chi connectivity index (χ2n) is 6.95. The van der Waals surface area contributed by atoms with Crippen molar-refractivity contribution in [1.29, 1.82) is 0 Å². The number of ether oxygens (including phenoxy) is 1. The van der Waals surface area contributed by atoms with Gasteiger partial charge in [0.15, 0.2) is 5.12 Å². The number of nitrogens with two attached hydrogens (primary N) is 1. The van der Waals surface area contributed by atoms with E-state index in [0.717, 1.165) is 23.1 Å². The van der Waals surface area contributed by atoms with Gasteiger partial charge in [-0.2, -0.15) is 0 Å². The Labute approximate surface area is 159 Å². The predicted molar refractivity (Wildman–Crippen MR) is 104 cm³/mol. The molecule has 1 amide bonds. The van der Waals surface area contributed by atoms with Crippen molar-refractivity contribution in [2.75, 3.05) is 19.5 Å². The fourth-order valence-corrected chi connectivity index (χ4v) is 2.96. The van der Waals surface area contributed by atoms with E-state index in [1.54, 1.807) is 20.2 Å². The summed E-state index contributed by atoms with van der Waals surface area (Å²) in [6.07, 6.45) is 2.88. The van der Waals surface area contributed by atoms with Crippen LogP contribution in [0.25, 0.3) is 0 Å². The van der Waals surface area contributed by atoms with E-state index < -0.39 is 5.41 Å². The third-order valence-electron chi connectivity index (χ3n) is 3.68. The molecule has 0 atom stereocenters. The number of carbonyl (C=O) groups is 2. The molecule has 0 bridgehead atoms. The minimum absolute atomic E-state index is 0.0342. The third kappa shape index (κ3) is 6.42. The molecule has 144 valence electrons. The molecule has 1 rings (SSSR count). The Morgan fingerprint density at radius 2 is 2.08 bits per heavy atom. The largest absolute Gasteiger partial charge is 0.384 e. The van der Waals surface area contributed by atoms with Gasteiger partial charge in [0.1, 0.15) is 11.6 Å². The Balaban J connectivity index is 3.13. The molecule has 1 heterocycles. The predicted octanol–water partition coefficient (Wildman–Crippen LogP) is 2.90. The molecule has 26 heavy (non-hydrogen) atoms. The van der Waals surface area contributed by atoms with Crippen LogP contribution in [0.2, 0.25) is 0 Å². The molecule has 0 aromatic carbocycles. The molecule has 2 N–H and O–H groups in total. The van der Waals surface area contributed by atoms with Gasteiger partial charge in [0, 0.05) is 41.3 Å². The van der Waals surface area contributed by atoms with Crippen LogP contribution in [-0.2, 0) is 20.9 Å². The maximum atomic E-state index is 12.4. The van der Waals surface area contributed by atoms with Crippen molar-refractivity contribution in [1.82, 2.24) is 14.9 Å². The summed E-state index contributed by atoms with van der Waals surface area (Å²) >= 11 is 1.16. The van der Waals surface area contributed by atoms with Crippen LogP contribution in [0.1, 0.15) is 45.5 Å². The molecule has 1 aromatic heterocycles. The van der Waals surface area contributed by atoms with Crippen molar-refractivity contribution in [3.63, 3.8) is 0 Å². The highest BCUT2D eigenvalue weighted by molar-refractivity contribution is 8.17. The number of methoxy groups -OCH3 is 1. The third-order valence-corrected chi connectivity index (χ3v) is 5.23. The smallest absolute Gasteiger partial charge is 0.214 e. The van der Waals surface area contributed by atoms with Crippen LogP contribution < -0.4 is 5.73 Å². The molecule has 0 saturated heterocycles. The van der Waals surface area contributed by atoms with Gasteiger partial charge in [0.25, 0.3) is 0 Å². The molecule has 0 fully saturated rings. The number of nitrogen functional groups attached to an aromatic ring is 1. The quantitative estimate of drug-likeness (QED) is 0.692. The molecule has 0 spiro atoms. The van der Waals surface area contributed by atoms with Crippen molar-refractivity contribution < 1.29 is 14.3 Å². The number of thioether (sulfide) groups is 1. The van der Waals surface area contributed by atoms with Crippen LogP contribution >= 0.6 is 11.8 Å². The first kappa shape index (κ1) is 22.1. The Kier molecular flexibility index (Phi) is 8.23. The minimum atomic E-state index is -0.482. The lowest BCUT2D eigenvalue weighted by Gasteiger charge is -2.24. The number of aryl methyl sites for hydroxylation is 1. The fourth-order valence-electron chi connectivity index (χ4n) is 1.98. The topological polar surface area (TPSA) is 98.4 Å². The van der Waals surface area contributed by atoms with E-state index >= 15 is 0 Å². The first-order chi connectivity index (χ1) is 12.1. The molecule has 0 radical (unpaired) electrons. The highest BCUT2D eigenvalue weighted by Crippen LogP contribution is 2.33. The highest BCUT2D eigenvalue weighted by Gasteiger charge is 2.25. The van der Waals surface area contributed by atoms with Gasteiger partial charge in [-0.3, -0.25) is 9.59 Å². The molecule has 0 unspecified atom stereocenters. The van der Waals surface area contributed by atoms with Gasteiger partial charge in [0.2, 0.25) is 6.41 Å². The number of anilines is 1. The first-order valence-corrected chi connectivity index (χ1v) is 9.12. The summed E-state index contributed by atoms with van der Waals surface area (Å²) in [5.41, 5.74) is 6.80. The van der Waals surface area contributed by atoms with Gasteiger partial charge in [-0.25, -0.2) is 9.97 Å². The number of amides is 1. The molecule has 0 saturated carbocycles. The second kappa shape index (κ2) is 9.68. The maximum Gasteiger partial charge on any atom is 0.214 e. The van der Waals surface area contributed by atoms with E-state index in [1.807, 2.05) is 27.7 Å². The van der Waals surface area contributed by atoms with Gasteiger partial charge in [-0.15, -0.1) is 0 Å². The molecule has 0 aliphatic heterocycles. The van der Waals surface area contributed by atoms with Crippen molar-refractivity contribution in [3.05, 3.63) is 28.2 Å². The fraction of sp³-hybridized carbons (Fsp3) is 0.556. The van der Waals surface area contributed by atoms with Gasteiger partial charge in [0.05, 0.1) is 13.2 Å². The molecule has 0 aliphatic rings. The summed E-state index contributed by atoms with van der Waals surface area (Å²) in [4.78, 5) is 34.7. The summed E-state index contributed by atoms with van der Waals surface area (Å²) in [7, 11) is 1.60. The highest BCUT2D eigenvalue weighted by atomic mass is 32.2. The Bertz CT molecular complexity index is 684. The number of hydrogen-bond acceptors (Lipinski definition) is 7. The minimum Gasteiger partial charge on any atom is -0.384 e. The second-order valence-corrected chi connectivity index (χ2v) is 8.02. The number of allylic oxidation sites excluding steroid dienone is 1. The van der Waals surface area contributed by atoms with E-state index in [-0.39, 0.29) is 11.7 Å². The number of aromatic nitrogens is 2. The molecular formula is C18H28N4O3S. The van der Waals surface area contributed by atoms with Crippen molar-refractivity contribution in [2.24, 2.45) is 5.41 Å². The Morgan fingerprint density at radius 1 is 1.42 bits per heavy atom. The average molecular weight is 381 g/mol. The van der Waals surface area contributed by atoms with Gasteiger partial charge in [-0.1, -0.05) is 32.5 Å². The maximum absolute atomic E-state index is 12.4. The summed E-state index contributed by atoms with van der Waals surface area (Å²) < 4.78 is 5.15. The Hall–Kier alpha value is -1.93.